The Morgan fingerprint density at radius 2 is 1.57 bits per heavy atom. The van der Waals surface area contributed by atoms with Gasteiger partial charge in [-0.3, -0.25) is 9.59 Å². The molecule has 0 bridgehead atoms. The number of benzene rings is 2. The fraction of sp³-hybridized carbons (Fsp3) is 0.286. The van der Waals surface area contributed by atoms with E-state index in [1.54, 1.807) is 6.21 Å². The van der Waals surface area contributed by atoms with Crippen molar-refractivity contribution in [3.63, 3.8) is 0 Å². The Morgan fingerprint density at radius 3 is 2.18 bits per heavy atom. The van der Waals surface area contributed by atoms with Crippen LogP contribution >= 0.6 is 0 Å². The predicted molar refractivity (Wildman–Crippen MR) is 110 cm³/mol. The van der Waals surface area contributed by atoms with Crippen LogP contribution in [0.4, 0.5) is 15.8 Å². The molecule has 0 saturated carbocycles. The summed E-state index contributed by atoms with van der Waals surface area (Å²) in [4.78, 5) is 25.8. The first-order valence-electron chi connectivity index (χ1n) is 9.24. The Bertz CT molecular complexity index is 800. The van der Waals surface area contributed by atoms with E-state index in [1.807, 2.05) is 24.3 Å². The van der Waals surface area contributed by atoms with Crippen molar-refractivity contribution < 1.29 is 14.0 Å². The molecule has 2 rings (SSSR count). The molecule has 0 unspecified atom stereocenters. The smallest absolute Gasteiger partial charge is 0.240 e. The lowest BCUT2D eigenvalue weighted by Gasteiger charge is -2.20. The van der Waals surface area contributed by atoms with Crippen LogP contribution in [0.1, 0.15) is 32.3 Å². The molecule has 0 atom stereocenters. The second-order valence-electron chi connectivity index (χ2n) is 6.11. The highest BCUT2D eigenvalue weighted by Crippen LogP contribution is 2.14. The fourth-order valence-electron chi connectivity index (χ4n) is 2.58. The molecular formula is C21H25FN4O2. The molecule has 0 radical (unpaired) electrons. The van der Waals surface area contributed by atoms with E-state index in [0.717, 1.165) is 24.3 Å². The van der Waals surface area contributed by atoms with Gasteiger partial charge >= 0.3 is 0 Å². The minimum atomic E-state index is -0.377. The van der Waals surface area contributed by atoms with Crippen LogP contribution in [0.2, 0.25) is 0 Å². The number of rotatable bonds is 9. The Hall–Kier alpha value is -3.22. The maximum Gasteiger partial charge on any atom is 0.240 e. The molecule has 2 N–H and O–H groups in total. The molecule has 0 aliphatic rings. The SMILES string of the molecule is CCN(CC)c1ccc(/C=N/NC(=O)CCC(=O)Nc2ccc(F)cc2)cc1. The van der Waals surface area contributed by atoms with Crippen LogP contribution < -0.4 is 15.6 Å². The molecule has 0 aliphatic carbocycles. The zero-order valence-electron chi connectivity index (χ0n) is 16.1. The first-order valence-corrected chi connectivity index (χ1v) is 9.24. The molecule has 0 spiro atoms. The molecule has 0 aromatic heterocycles. The first kappa shape index (κ1) is 21.1. The summed E-state index contributed by atoms with van der Waals surface area (Å²) < 4.78 is 12.8. The van der Waals surface area contributed by atoms with Gasteiger partial charge in [-0.25, -0.2) is 9.82 Å². The molecule has 7 heteroatoms. The van der Waals surface area contributed by atoms with Crippen LogP contribution in [0, 0.1) is 5.82 Å². The van der Waals surface area contributed by atoms with Crippen molar-refractivity contribution in [1.82, 2.24) is 5.43 Å². The number of nitrogens with zero attached hydrogens (tertiary/aromatic N) is 2. The quantitative estimate of drug-likeness (QED) is 0.513. The molecule has 2 aromatic carbocycles. The molecule has 0 heterocycles. The van der Waals surface area contributed by atoms with E-state index >= 15 is 0 Å². The van der Waals surface area contributed by atoms with Crippen LogP contribution in [-0.4, -0.2) is 31.1 Å². The van der Waals surface area contributed by atoms with Crippen LogP contribution in [-0.2, 0) is 9.59 Å². The lowest BCUT2D eigenvalue weighted by atomic mass is 10.2. The molecule has 2 amide bonds. The average Bonchev–Trinajstić information content (AvgIpc) is 2.70. The molecule has 148 valence electrons. The van der Waals surface area contributed by atoms with E-state index in [9.17, 15) is 14.0 Å². The maximum atomic E-state index is 12.8. The Balaban J connectivity index is 1.74. The van der Waals surface area contributed by atoms with Gasteiger partial charge in [0.05, 0.1) is 6.21 Å². The third-order valence-corrected chi connectivity index (χ3v) is 4.13. The van der Waals surface area contributed by atoms with Crippen LogP contribution in [0.3, 0.4) is 0 Å². The highest BCUT2D eigenvalue weighted by Gasteiger charge is 2.07. The summed E-state index contributed by atoms with van der Waals surface area (Å²) in [7, 11) is 0. The minimum absolute atomic E-state index is 0.00522. The van der Waals surface area contributed by atoms with E-state index in [4.69, 9.17) is 0 Å². The topological polar surface area (TPSA) is 73.8 Å². The molecule has 2 aromatic rings. The summed E-state index contributed by atoms with van der Waals surface area (Å²) in [6, 6.07) is 13.3. The number of hydrazone groups is 1. The predicted octanol–water partition coefficient (Wildman–Crippen LogP) is 3.54. The molecule has 0 fully saturated rings. The van der Waals surface area contributed by atoms with Crippen LogP contribution in [0.25, 0.3) is 0 Å². The number of halogens is 1. The maximum absolute atomic E-state index is 12.8. The van der Waals surface area contributed by atoms with Gasteiger partial charge in [-0.05, 0) is 55.8 Å². The monoisotopic (exact) mass is 384 g/mol. The first-order chi connectivity index (χ1) is 13.5. The number of carbonyl (C=O) groups is 2. The van der Waals surface area contributed by atoms with Crippen molar-refractivity contribution in [3.8, 4) is 0 Å². The van der Waals surface area contributed by atoms with Crippen LogP contribution in [0.15, 0.2) is 53.6 Å². The number of amides is 2. The van der Waals surface area contributed by atoms with Gasteiger partial charge < -0.3 is 10.2 Å². The number of hydrogen-bond donors (Lipinski definition) is 2. The average molecular weight is 384 g/mol. The lowest BCUT2D eigenvalue weighted by Crippen LogP contribution is -2.21. The summed E-state index contributed by atoms with van der Waals surface area (Å²) in [6.45, 7) is 6.09. The second-order valence-corrected chi connectivity index (χ2v) is 6.11. The van der Waals surface area contributed by atoms with Crippen LogP contribution in [0.5, 0.6) is 0 Å². The van der Waals surface area contributed by atoms with Gasteiger partial charge in [0.25, 0.3) is 0 Å². The Morgan fingerprint density at radius 1 is 0.964 bits per heavy atom. The molecule has 0 aliphatic heterocycles. The highest BCUT2D eigenvalue weighted by molar-refractivity contribution is 5.93. The van der Waals surface area contributed by atoms with Crippen molar-refractivity contribution in [1.29, 1.82) is 0 Å². The van der Waals surface area contributed by atoms with E-state index in [-0.39, 0.29) is 30.5 Å². The molecular weight excluding hydrogens is 359 g/mol. The number of anilines is 2. The third-order valence-electron chi connectivity index (χ3n) is 4.13. The van der Waals surface area contributed by atoms with Crippen molar-refractivity contribution in [2.75, 3.05) is 23.3 Å². The van der Waals surface area contributed by atoms with Crippen molar-refractivity contribution in [2.24, 2.45) is 5.10 Å². The van der Waals surface area contributed by atoms with E-state index in [0.29, 0.717) is 5.69 Å². The van der Waals surface area contributed by atoms with Crippen molar-refractivity contribution in [3.05, 3.63) is 59.9 Å². The number of nitrogens with one attached hydrogen (secondary N) is 2. The van der Waals surface area contributed by atoms with E-state index < -0.39 is 0 Å². The van der Waals surface area contributed by atoms with Gasteiger partial charge in [-0.1, -0.05) is 12.1 Å². The third kappa shape index (κ3) is 6.83. The fourth-order valence-corrected chi connectivity index (χ4v) is 2.58. The van der Waals surface area contributed by atoms with Gasteiger partial charge in [-0.15, -0.1) is 0 Å². The van der Waals surface area contributed by atoms with E-state index in [2.05, 4.69) is 34.6 Å². The Kier molecular flexibility index (Phi) is 8.14. The summed E-state index contributed by atoms with van der Waals surface area (Å²) >= 11 is 0. The standard InChI is InChI=1S/C21H25FN4O2/c1-3-26(4-2)19-11-5-16(6-12-19)15-23-25-21(28)14-13-20(27)24-18-9-7-17(22)8-10-18/h5-12,15H,3-4,13-14H2,1-2H3,(H,24,27)(H,25,28)/b23-15+. The van der Waals surface area contributed by atoms with Gasteiger partial charge in [0, 0.05) is 37.3 Å². The molecule has 28 heavy (non-hydrogen) atoms. The van der Waals surface area contributed by atoms with Gasteiger partial charge in [0.1, 0.15) is 5.82 Å². The molecule has 0 saturated heterocycles. The van der Waals surface area contributed by atoms with E-state index in [1.165, 1.54) is 24.3 Å². The van der Waals surface area contributed by atoms with Gasteiger partial charge in [-0.2, -0.15) is 5.10 Å². The zero-order chi connectivity index (χ0) is 20.4. The summed E-state index contributed by atoms with van der Waals surface area (Å²) in [6.07, 6.45) is 1.57. The Labute approximate surface area is 164 Å². The summed E-state index contributed by atoms with van der Waals surface area (Å²) in [5.74, 6) is -1.05. The lowest BCUT2D eigenvalue weighted by molar-refractivity contribution is -0.124. The van der Waals surface area contributed by atoms with Crippen molar-refractivity contribution >= 4 is 29.4 Å². The van der Waals surface area contributed by atoms with Crippen molar-refractivity contribution in [2.45, 2.75) is 26.7 Å². The second kappa shape index (κ2) is 10.8. The summed E-state index contributed by atoms with van der Waals surface area (Å²) in [5.41, 5.74) is 4.90. The number of hydrogen-bond acceptors (Lipinski definition) is 4. The highest BCUT2D eigenvalue weighted by atomic mass is 19.1. The largest absolute Gasteiger partial charge is 0.372 e. The van der Waals surface area contributed by atoms with Gasteiger partial charge in [0.15, 0.2) is 0 Å². The minimum Gasteiger partial charge on any atom is -0.372 e. The van der Waals surface area contributed by atoms with Gasteiger partial charge in [0.2, 0.25) is 11.8 Å². The number of carbonyl (C=O) groups excluding carboxylic acids is 2. The zero-order valence-corrected chi connectivity index (χ0v) is 16.1. The normalized spacial score (nSPS) is 10.7. The summed E-state index contributed by atoms with van der Waals surface area (Å²) in [5, 5.41) is 6.52. The molecule has 6 nitrogen and oxygen atoms in total.